The van der Waals surface area contributed by atoms with Crippen LogP contribution in [-0.2, 0) is 6.42 Å². The molecule has 0 saturated carbocycles. The number of anilines is 1. The smallest absolute Gasteiger partial charge is 0.256 e. The van der Waals surface area contributed by atoms with Crippen LogP contribution in [-0.4, -0.2) is 25.7 Å². The number of aromatic amines is 1. The molecular weight excluding hydrogens is 422 g/mol. The third-order valence-electron chi connectivity index (χ3n) is 4.32. The molecule has 0 fully saturated rings. The molecule has 152 valence electrons. The predicted octanol–water partition coefficient (Wildman–Crippen LogP) is 4.54. The summed E-state index contributed by atoms with van der Waals surface area (Å²) >= 11 is 7.44. The van der Waals surface area contributed by atoms with Crippen LogP contribution in [0.15, 0.2) is 58.7 Å². The Balaban J connectivity index is 1.76. The molecule has 3 aromatic heterocycles. The minimum atomic E-state index is -0.322. The fourth-order valence-electron chi connectivity index (χ4n) is 2.94. The van der Waals surface area contributed by atoms with E-state index in [-0.39, 0.29) is 17.4 Å². The number of amides is 1. The van der Waals surface area contributed by atoms with Crippen molar-refractivity contribution in [1.29, 1.82) is 0 Å². The van der Waals surface area contributed by atoms with Crippen LogP contribution >= 0.6 is 22.9 Å². The summed E-state index contributed by atoms with van der Waals surface area (Å²) in [6.45, 7) is 2.02. The van der Waals surface area contributed by atoms with Crippen molar-refractivity contribution in [3.63, 3.8) is 0 Å². The number of thiophene rings is 1. The fraction of sp³-hybridized carbons (Fsp3) is 0.143. The Labute approximate surface area is 181 Å². The Kier molecular flexibility index (Phi) is 5.78. The summed E-state index contributed by atoms with van der Waals surface area (Å²) < 4.78 is 1.45. The number of halogens is 1. The summed E-state index contributed by atoms with van der Waals surface area (Å²) in [5, 5.41) is 9.94. The van der Waals surface area contributed by atoms with Crippen LogP contribution in [0.5, 0.6) is 0 Å². The summed E-state index contributed by atoms with van der Waals surface area (Å²) in [6.07, 6.45) is 1.53. The standard InChI is InChI=1S/C21H18ClN5O2S/c1-2-4-15-11-19(28)25-21(23-15)27-18(12-16(26-27)17-5-3-10-30-17)24-20(29)13-6-8-14(22)9-7-13/h3,5-12H,2,4H2,1H3,(H,24,29)(H,23,25,28). The predicted molar refractivity (Wildman–Crippen MR) is 119 cm³/mol. The second-order valence-electron chi connectivity index (χ2n) is 6.58. The third kappa shape index (κ3) is 4.34. The van der Waals surface area contributed by atoms with E-state index in [1.807, 2.05) is 24.4 Å². The second-order valence-corrected chi connectivity index (χ2v) is 7.96. The lowest BCUT2D eigenvalue weighted by Gasteiger charge is -2.09. The Morgan fingerprint density at radius 2 is 2.03 bits per heavy atom. The van der Waals surface area contributed by atoms with Gasteiger partial charge in [0.25, 0.3) is 11.5 Å². The highest BCUT2D eigenvalue weighted by Crippen LogP contribution is 2.27. The molecule has 0 aliphatic rings. The number of benzene rings is 1. The van der Waals surface area contributed by atoms with E-state index in [9.17, 15) is 9.59 Å². The van der Waals surface area contributed by atoms with Gasteiger partial charge in [-0.3, -0.25) is 14.6 Å². The van der Waals surface area contributed by atoms with E-state index in [1.54, 1.807) is 30.3 Å². The molecule has 0 aliphatic heterocycles. The van der Waals surface area contributed by atoms with Crippen LogP contribution < -0.4 is 10.9 Å². The second kappa shape index (κ2) is 8.64. The van der Waals surface area contributed by atoms with Crippen LogP contribution in [0.3, 0.4) is 0 Å². The molecular formula is C21H18ClN5O2S. The summed E-state index contributed by atoms with van der Waals surface area (Å²) in [5.74, 6) is 0.327. The normalized spacial score (nSPS) is 10.9. The summed E-state index contributed by atoms with van der Waals surface area (Å²) in [6, 6.07) is 13.7. The molecule has 0 bridgehead atoms. The molecule has 0 unspecified atom stereocenters. The number of nitrogens with zero attached hydrogens (tertiary/aromatic N) is 3. The topological polar surface area (TPSA) is 92.7 Å². The molecule has 0 atom stereocenters. The Morgan fingerprint density at radius 1 is 1.23 bits per heavy atom. The lowest BCUT2D eigenvalue weighted by atomic mass is 10.2. The van der Waals surface area contributed by atoms with E-state index in [4.69, 9.17) is 11.6 Å². The van der Waals surface area contributed by atoms with Gasteiger partial charge in [-0.05, 0) is 42.1 Å². The zero-order chi connectivity index (χ0) is 21.1. The molecule has 30 heavy (non-hydrogen) atoms. The van der Waals surface area contributed by atoms with Crippen LogP contribution in [0.1, 0.15) is 29.4 Å². The quantitative estimate of drug-likeness (QED) is 0.461. The van der Waals surface area contributed by atoms with Gasteiger partial charge in [0.2, 0.25) is 5.95 Å². The fourth-order valence-corrected chi connectivity index (χ4v) is 3.75. The maximum absolute atomic E-state index is 12.8. The monoisotopic (exact) mass is 439 g/mol. The Morgan fingerprint density at radius 3 is 2.73 bits per heavy atom. The van der Waals surface area contributed by atoms with Crippen LogP contribution in [0.25, 0.3) is 16.5 Å². The largest absolute Gasteiger partial charge is 0.306 e. The number of aryl methyl sites for hydroxylation is 1. The molecule has 7 nitrogen and oxygen atoms in total. The highest BCUT2D eigenvalue weighted by molar-refractivity contribution is 7.13. The maximum atomic E-state index is 12.8. The first kappa shape index (κ1) is 20.1. The molecule has 4 aromatic rings. The Bertz CT molecular complexity index is 1230. The van der Waals surface area contributed by atoms with E-state index < -0.39 is 0 Å². The summed E-state index contributed by atoms with van der Waals surface area (Å²) in [7, 11) is 0. The van der Waals surface area contributed by atoms with Gasteiger partial charge >= 0.3 is 0 Å². The Hall–Kier alpha value is -3.23. The van der Waals surface area contributed by atoms with Gasteiger partial charge in [0.15, 0.2) is 0 Å². The van der Waals surface area contributed by atoms with E-state index in [0.717, 1.165) is 11.3 Å². The third-order valence-corrected chi connectivity index (χ3v) is 5.46. The van der Waals surface area contributed by atoms with Gasteiger partial charge in [-0.2, -0.15) is 9.78 Å². The molecule has 0 aliphatic carbocycles. The van der Waals surface area contributed by atoms with Crippen molar-refractivity contribution >= 4 is 34.7 Å². The minimum Gasteiger partial charge on any atom is -0.306 e. The van der Waals surface area contributed by atoms with Gasteiger partial charge < -0.3 is 5.32 Å². The van der Waals surface area contributed by atoms with Gasteiger partial charge in [-0.25, -0.2) is 4.98 Å². The molecule has 0 saturated heterocycles. The van der Waals surface area contributed by atoms with Crippen molar-refractivity contribution < 1.29 is 4.79 Å². The molecule has 9 heteroatoms. The summed E-state index contributed by atoms with van der Waals surface area (Å²) in [5.41, 5.74) is 1.51. The number of H-pyrrole nitrogens is 1. The lowest BCUT2D eigenvalue weighted by molar-refractivity contribution is 0.102. The van der Waals surface area contributed by atoms with Crippen LogP contribution in [0.4, 0.5) is 5.82 Å². The van der Waals surface area contributed by atoms with Crippen LogP contribution in [0, 0.1) is 0 Å². The number of carbonyl (C=O) groups is 1. The zero-order valence-corrected chi connectivity index (χ0v) is 17.6. The molecule has 1 amide bonds. The van der Waals surface area contributed by atoms with Crippen molar-refractivity contribution in [2.24, 2.45) is 0 Å². The minimum absolute atomic E-state index is 0.250. The average Bonchev–Trinajstić information content (AvgIpc) is 3.38. The SMILES string of the molecule is CCCc1cc(=O)[nH]c(-n2nc(-c3cccs3)cc2NC(=O)c2ccc(Cl)cc2)n1. The first-order chi connectivity index (χ1) is 14.5. The molecule has 4 rings (SSSR count). The van der Waals surface area contributed by atoms with Crippen molar-refractivity contribution in [2.45, 2.75) is 19.8 Å². The van der Waals surface area contributed by atoms with Gasteiger partial charge in [0, 0.05) is 28.4 Å². The van der Waals surface area contributed by atoms with Gasteiger partial charge in [0.05, 0.1) is 4.88 Å². The molecule has 0 radical (unpaired) electrons. The van der Waals surface area contributed by atoms with Gasteiger partial charge in [0.1, 0.15) is 11.5 Å². The summed E-state index contributed by atoms with van der Waals surface area (Å²) in [4.78, 5) is 33.1. The highest BCUT2D eigenvalue weighted by atomic mass is 35.5. The van der Waals surface area contributed by atoms with Crippen LogP contribution in [0.2, 0.25) is 5.02 Å². The van der Waals surface area contributed by atoms with E-state index in [2.05, 4.69) is 20.4 Å². The van der Waals surface area contributed by atoms with E-state index >= 15 is 0 Å². The maximum Gasteiger partial charge on any atom is 0.256 e. The zero-order valence-electron chi connectivity index (χ0n) is 16.1. The van der Waals surface area contributed by atoms with Crippen molar-refractivity contribution in [1.82, 2.24) is 19.7 Å². The number of hydrogen-bond acceptors (Lipinski definition) is 5. The van der Waals surface area contributed by atoms with Crippen molar-refractivity contribution in [3.05, 3.63) is 80.5 Å². The molecule has 2 N–H and O–H groups in total. The number of carbonyl (C=O) groups excluding carboxylic acids is 1. The average molecular weight is 440 g/mol. The van der Waals surface area contributed by atoms with E-state index in [1.165, 1.54) is 22.1 Å². The number of aromatic nitrogens is 4. The van der Waals surface area contributed by atoms with Gasteiger partial charge in [-0.15, -0.1) is 11.3 Å². The van der Waals surface area contributed by atoms with Crippen molar-refractivity contribution in [3.8, 4) is 16.5 Å². The first-order valence-corrected chi connectivity index (χ1v) is 10.6. The van der Waals surface area contributed by atoms with Gasteiger partial charge in [-0.1, -0.05) is 31.0 Å². The number of nitrogens with one attached hydrogen (secondary N) is 2. The molecule has 1 aromatic carbocycles. The molecule has 0 spiro atoms. The van der Waals surface area contributed by atoms with E-state index in [0.29, 0.717) is 34.2 Å². The number of rotatable bonds is 6. The first-order valence-electron chi connectivity index (χ1n) is 9.35. The number of hydrogen-bond donors (Lipinski definition) is 2. The lowest BCUT2D eigenvalue weighted by Crippen LogP contribution is -2.19. The molecule has 3 heterocycles. The van der Waals surface area contributed by atoms with Crippen molar-refractivity contribution in [2.75, 3.05) is 5.32 Å². The highest BCUT2D eigenvalue weighted by Gasteiger charge is 2.17.